The van der Waals surface area contributed by atoms with Gasteiger partial charge in [-0.15, -0.1) is 0 Å². The van der Waals surface area contributed by atoms with Crippen molar-refractivity contribution in [1.29, 1.82) is 0 Å². The van der Waals surface area contributed by atoms with Gasteiger partial charge in [0.15, 0.2) is 6.61 Å². The van der Waals surface area contributed by atoms with Crippen molar-refractivity contribution in [3.63, 3.8) is 0 Å². The zero-order valence-corrected chi connectivity index (χ0v) is 19.1. The standard InChI is InChI=1S/C24H31ClN2O3/c1-6-22(24(29)26-16(2)3)27(14-19-9-7-8-10-21(19)25)23(28)15-30-20-12-11-17(4)18(5)13-20/h7-13,16,22H,6,14-15H2,1-5H3,(H,26,29)/t22-/m1/s1. The summed E-state index contributed by atoms with van der Waals surface area (Å²) >= 11 is 6.32. The van der Waals surface area contributed by atoms with Gasteiger partial charge in [-0.3, -0.25) is 9.59 Å². The second-order valence-electron chi connectivity index (χ2n) is 7.74. The molecule has 0 saturated heterocycles. The van der Waals surface area contributed by atoms with Crippen LogP contribution < -0.4 is 10.1 Å². The lowest BCUT2D eigenvalue weighted by molar-refractivity contribution is -0.143. The van der Waals surface area contributed by atoms with Crippen LogP contribution in [0.3, 0.4) is 0 Å². The van der Waals surface area contributed by atoms with Crippen molar-refractivity contribution >= 4 is 23.4 Å². The first-order valence-corrected chi connectivity index (χ1v) is 10.6. The lowest BCUT2D eigenvalue weighted by atomic mass is 10.1. The number of halogens is 1. The Morgan fingerprint density at radius 3 is 2.40 bits per heavy atom. The van der Waals surface area contributed by atoms with E-state index in [-0.39, 0.29) is 31.0 Å². The Bertz CT molecular complexity index is 883. The molecule has 0 unspecified atom stereocenters. The van der Waals surface area contributed by atoms with Gasteiger partial charge in [0.25, 0.3) is 5.91 Å². The predicted molar refractivity (Wildman–Crippen MR) is 121 cm³/mol. The summed E-state index contributed by atoms with van der Waals surface area (Å²) in [4.78, 5) is 27.5. The maximum atomic E-state index is 13.2. The number of carbonyl (C=O) groups is 2. The fraction of sp³-hybridized carbons (Fsp3) is 0.417. The highest BCUT2D eigenvalue weighted by Crippen LogP contribution is 2.21. The second kappa shape index (κ2) is 11.0. The topological polar surface area (TPSA) is 58.6 Å². The molecular formula is C24H31ClN2O3. The summed E-state index contributed by atoms with van der Waals surface area (Å²) in [7, 11) is 0. The van der Waals surface area contributed by atoms with Gasteiger partial charge in [-0.05, 0) is 69.0 Å². The third kappa shape index (κ3) is 6.49. The van der Waals surface area contributed by atoms with Crippen LogP contribution in [0.2, 0.25) is 5.02 Å². The first-order valence-electron chi connectivity index (χ1n) is 10.3. The zero-order chi connectivity index (χ0) is 22.3. The van der Waals surface area contributed by atoms with E-state index in [9.17, 15) is 9.59 Å². The minimum atomic E-state index is -0.612. The molecule has 0 radical (unpaired) electrons. The largest absolute Gasteiger partial charge is 0.484 e. The molecule has 0 heterocycles. The van der Waals surface area contributed by atoms with Gasteiger partial charge in [-0.1, -0.05) is 42.8 Å². The van der Waals surface area contributed by atoms with Crippen LogP contribution in [0.15, 0.2) is 42.5 Å². The third-order valence-electron chi connectivity index (χ3n) is 4.96. The van der Waals surface area contributed by atoms with Crippen molar-refractivity contribution in [2.24, 2.45) is 0 Å². The first kappa shape index (κ1) is 23.7. The van der Waals surface area contributed by atoms with Crippen LogP contribution in [0.4, 0.5) is 0 Å². The van der Waals surface area contributed by atoms with Crippen LogP contribution in [0.5, 0.6) is 5.75 Å². The molecule has 5 nitrogen and oxygen atoms in total. The molecule has 2 amide bonds. The number of rotatable bonds is 9. The molecule has 30 heavy (non-hydrogen) atoms. The Morgan fingerprint density at radius 2 is 1.80 bits per heavy atom. The van der Waals surface area contributed by atoms with Crippen LogP contribution in [0.1, 0.15) is 43.9 Å². The van der Waals surface area contributed by atoms with Crippen molar-refractivity contribution < 1.29 is 14.3 Å². The average Bonchev–Trinajstić information content (AvgIpc) is 2.69. The van der Waals surface area contributed by atoms with Crippen LogP contribution in [0.25, 0.3) is 0 Å². The fourth-order valence-electron chi connectivity index (χ4n) is 3.14. The molecular weight excluding hydrogens is 400 g/mol. The molecule has 0 saturated carbocycles. The summed E-state index contributed by atoms with van der Waals surface area (Å²) in [6, 6.07) is 12.4. The molecule has 0 aliphatic heterocycles. The van der Waals surface area contributed by atoms with E-state index in [1.54, 1.807) is 11.0 Å². The molecule has 2 rings (SSSR count). The van der Waals surface area contributed by atoms with E-state index in [4.69, 9.17) is 16.3 Å². The number of nitrogens with zero attached hydrogens (tertiary/aromatic N) is 1. The van der Waals surface area contributed by atoms with E-state index in [0.717, 1.165) is 16.7 Å². The summed E-state index contributed by atoms with van der Waals surface area (Å²) < 4.78 is 5.75. The number of carbonyl (C=O) groups excluding carboxylic acids is 2. The zero-order valence-electron chi connectivity index (χ0n) is 18.4. The normalized spacial score (nSPS) is 11.8. The molecule has 1 atom stereocenters. The Balaban J connectivity index is 2.23. The highest BCUT2D eigenvalue weighted by atomic mass is 35.5. The van der Waals surface area contributed by atoms with E-state index in [0.29, 0.717) is 17.2 Å². The van der Waals surface area contributed by atoms with E-state index in [1.807, 2.05) is 71.0 Å². The van der Waals surface area contributed by atoms with Gasteiger partial charge in [-0.2, -0.15) is 0 Å². The van der Waals surface area contributed by atoms with Gasteiger partial charge in [0.05, 0.1) is 0 Å². The number of benzene rings is 2. The van der Waals surface area contributed by atoms with Gasteiger partial charge < -0.3 is 15.0 Å². The average molecular weight is 431 g/mol. The number of hydrogen-bond donors (Lipinski definition) is 1. The summed E-state index contributed by atoms with van der Waals surface area (Å²) in [5, 5.41) is 3.47. The summed E-state index contributed by atoms with van der Waals surface area (Å²) in [6.07, 6.45) is 0.485. The van der Waals surface area contributed by atoms with Crippen molar-refractivity contribution in [3.05, 3.63) is 64.2 Å². The van der Waals surface area contributed by atoms with Crippen molar-refractivity contribution in [2.75, 3.05) is 6.61 Å². The Kier molecular flexibility index (Phi) is 8.72. The molecule has 1 N–H and O–H groups in total. The minimum absolute atomic E-state index is 0.0180. The van der Waals surface area contributed by atoms with Crippen LogP contribution >= 0.6 is 11.6 Å². The van der Waals surface area contributed by atoms with Crippen molar-refractivity contribution in [1.82, 2.24) is 10.2 Å². The maximum absolute atomic E-state index is 13.2. The number of aryl methyl sites for hydroxylation is 2. The number of nitrogens with one attached hydrogen (secondary N) is 1. The van der Waals surface area contributed by atoms with Crippen LogP contribution in [-0.4, -0.2) is 35.4 Å². The lowest BCUT2D eigenvalue weighted by Gasteiger charge is -2.31. The Hall–Kier alpha value is -2.53. The third-order valence-corrected chi connectivity index (χ3v) is 5.32. The molecule has 0 aromatic heterocycles. The first-order chi connectivity index (χ1) is 14.2. The lowest BCUT2D eigenvalue weighted by Crippen LogP contribution is -2.51. The van der Waals surface area contributed by atoms with Gasteiger partial charge in [0.2, 0.25) is 5.91 Å². The molecule has 0 aliphatic rings. The van der Waals surface area contributed by atoms with Gasteiger partial charge in [-0.25, -0.2) is 0 Å². The summed E-state index contributed by atoms with van der Waals surface area (Å²) in [5.74, 6) is 0.182. The summed E-state index contributed by atoms with van der Waals surface area (Å²) in [5.41, 5.74) is 3.04. The SMILES string of the molecule is CC[C@H](C(=O)NC(C)C)N(Cc1ccccc1Cl)C(=O)COc1ccc(C)c(C)c1. The predicted octanol–water partition coefficient (Wildman–Crippen LogP) is 4.67. The molecule has 2 aromatic carbocycles. The number of hydrogen-bond acceptors (Lipinski definition) is 3. The molecule has 0 bridgehead atoms. The smallest absolute Gasteiger partial charge is 0.261 e. The Morgan fingerprint density at radius 1 is 1.10 bits per heavy atom. The molecule has 6 heteroatoms. The Labute approximate surface area is 184 Å². The highest BCUT2D eigenvalue weighted by Gasteiger charge is 2.29. The maximum Gasteiger partial charge on any atom is 0.261 e. The van der Waals surface area contributed by atoms with Crippen molar-refractivity contribution in [3.8, 4) is 5.75 Å². The van der Waals surface area contributed by atoms with E-state index < -0.39 is 6.04 Å². The van der Waals surface area contributed by atoms with E-state index in [2.05, 4.69) is 5.32 Å². The van der Waals surface area contributed by atoms with E-state index in [1.165, 1.54) is 0 Å². The molecule has 2 aromatic rings. The second-order valence-corrected chi connectivity index (χ2v) is 8.14. The van der Waals surface area contributed by atoms with E-state index >= 15 is 0 Å². The fourth-order valence-corrected chi connectivity index (χ4v) is 3.34. The van der Waals surface area contributed by atoms with Gasteiger partial charge in [0, 0.05) is 17.6 Å². The van der Waals surface area contributed by atoms with Gasteiger partial charge in [0.1, 0.15) is 11.8 Å². The molecule has 0 aliphatic carbocycles. The quantitative estimate of drug-likeness (QED) is 0.629. The summed E-state index contributed by atoms with van der Waals surface area (Å²) in [6.45, 7) is 9.78. The molecule has 0 spiro atoms. The number of amides is 2. The highest BCUT2D eigenvalue weighted by molar-refractivity contribution is 6.31. The minimum Gasteiger partial charge on any atom is -0.484 e. The van der Waals surface area contributed by atoms with Gasteiger partial charge >= 0.3 is 0 Å². The van der Waals surface area contributed by atoms with Crippen LogP contribution in [0, 0.1) is 13.8 Å². The van der Waals surface area contributed by atoms with Crippen LogP contribution in [-0.2, 0) is 16.1 Å². The molecule has 162 valence electrons. The van der Waals surface area contributed by atoms with Crippen molar-refractivity contribution in [2.45, 2.75) is 59.7 Å². The molecule has 0 fully saturated rings. The monoisotopic (exact) mass is 430 g/mol. The number of ether oxygens (including phenoxy) is 1.